The molecule has 0 saturated carbocycles. The minimum absolute atomic E-state index is 0.0110. The Morgan fingerprint density at radius 2 is 1.91 bits per heavy atom. The Morgan fingerprint density at radius 3 is 2.57 bits per heavy atom. The van der Waals surface area contributed by atoms with Gasteiger partial charge in [0, 0.05) is 29.6 Å². The van der Waals surface area contributed by atoms with Gasteiger partial charge in [-0.2, -0.15) is 0 Å². The summed E-state index contributed by atoms with van der Waals surface area (Å²) < 4.78 is 38.1. The first-order chi connectivity index (χ1) is 16.5. The lowest BCUT2D eigenvalue weighted by Crippen LogP contribution is -2.34. The molecule has 1 amide bonds. The van der Waals surface area contributed by atoms with Crippen molar-refractivity contribution >= 4 is 32.5 Å². The van der Waals surface area contributed by atoms with E-state index in [1.54, 1.807) is 25.1 Å². The normalized spacial score (nSPS) is 12.5. The summed E-state index contributed by atoms with van der Waals surface area (Å²) in [7, 11) is -3.42. The Balaban J connectivity index is 1.74. The molecule has 0 bridgehead atoms. The van der Waals surface area contributed by atoms with E-state index in [-0.39, 0.29) is 23.0 Å². The highest BCUT2D eigenvalue weighted by Gasteiger charge is 2.27. The Hall–Kier alpha value is -3.92. The Labute approximate surface area is 202 Å². The fourth-order valence-corrected chi connectivity index (χ4v) is 4.29. The number of fused-ring (bicyclic) bond motifs is 1. The molecule has 3 heterocycles. The largest absolute Gasteiger partial charge is 0.383 e. The van der Waals surface area contributed by atoms with Crippen molar-refractivity contribution in [2.24, 2.45) is 0 Å². The summed E-state index contributed by atoms with van der Waals surface area (Å²) in [5.74, 6) is -0.485. The van der Waals surface area contributed by atoms with E-state index in [2.05, 4.69) is 15.0 Å². The summed E-state index contributed by atoms with van der Waals surface area (Å²) in [5.41, 5.74) is 8.27. The summed E-state index contributed by atoms with van der Waals surface area (Å²) in [4.78, 5) is 27.9. The molecule has 1 unspecified atom stereocenters. The van der Waals surface area contributed by atoms with Gasteiger partial charge in [-0.3, -0.25) is 14.8 Å². The number of hydrogen-bond acceptors (Lipinski definition) is 7. The third-order valence-electron chi connectivity index (χ3n) is 5.76. The van der Waals surface area contributed by atoms with Crippen LogP contribution >= 0.6 is 0 Å². The Morgan fingerprint density at radius 1 is 1.14 bits per heavy atom. The molecule has 1 aromatic carbocycles. The number of nitrogen functional groups attached to an aromatic ring is 1. The van der Waals surface area contributed by atoms with Crippen LogP contribution in [0, 0.1) is 12.7 Å². The molecule has 3 aromatic heterocycles. The molecule has 180 valence electrons. The van der Waals surface area contributed by atoms with Gasteiger partial charge in [-0.05, 0) is 67.9 Å². The molecule has 35 heavy (non-hydrogen) atoms. The monoisotopic (exact) mass is 493 g/mol. The number of rotatable bonds is 6. The number of nitrogens with two attached hydrogens (primary N) is 1. The molecule has 2 N–H and O–H groups in total. The van der Waals surface area contributed by atoms with Gasteiger partial charge >= 0.3 is 0 Å². The van der Waals surface area contributed by atoms with Crippen molar-refractivity contribution in [1.82, 2.24) is 19.9 Å². The number of sulfone groups is 1. The van der Waals surface area contributed by atoms with E-state index in [1.807, 2.05) is 13.0 Å². The van der Waals surface area contributed by atoms with Gasteiger partial charge in [0.15, 0.2) is 9.84 Å². The molecule has 0 fully saturated rings. The van der Waals surface area contributed by atoms with Crippen molar-refractivity contribution in [1.29, 1.82) is 0 Å². The quantitative estimate of drug-likeness (QED) is 0.433. The number of anilines is 1. The van der Waals surface area contributed by atoms with Crippen molar-refractivity contribution in [3.05, 3.63) is 89.3 Å². The van der Waals surface area contributed by atoms with Gasteiger partial charge in [-0.15, -0.1) is 0 Å². The van der Waals surface area contributed by atoms with Gasteiger partial charge in [-0.1, -0.05) is 0 Å². The molecule has 10 heteroatoms. The highest BCUT2D eigenvalue weighted by Crippen LogP contribution is 2.27. The van der Waals surface area contributed by atoms with Crippen molar-refractivity contribution in [2.45, 2.75) is 31.3 Å². The van der Waals surface area contributed by atoms with Crippen LogP contribution in [0.15, 0.2) is 65.8 Å². The Bertz CT molecular complexity index is 1520. The smallest absolute Gasteiger partial charge is 0.254 e. The SMILES string of the molecule is Cc1cc2cc(C(=O)N(Cc3ccc(S(C)(=O)=O)cn3)C(C)c3ncccc3F)ccc2nc1N. The summed E-state index contributed by atoms with van der Waals surface area (Å²) in [5, 5.41) is 0.745. The molecule has 8 nitrogen and oxygen atoms in total. The van der Waals surface area contributed by atoms with Crippen molar-refractivity contribution in [2.75, 3.05) is 12.0 Å². The van der Waals surface area contributed by atoms with Crippen LogP contribution < -0.4 is 5.73 Å². The number of hydrogen-bond donors (Lipinski definition) is 1. The molecule has 0 radical (unpaired) electrons. The third kappa shape index (κ3) is 5.12. The molecule has 4 aromatic rings. The first kappa shape index (κ1) is 24.2. The number of aryl methyl sites for hydroxylation is 1. The van der Waals surface area contributed by atoms with Crippen LogP contribution in [-0.4, -0.2) is 40.4 Å². The van der Waals surface area contributed by atoms with Crippen molar-refractivity contribution in [3.63, 3.8) is 0 Å². The minimum Gasteiger partial charge on any atom is -0.383 e. The zero-order valence-corrected chi connectivity index (χ0v) is 20.3. The lowest BCUT2D eigenvalue weighted by molar-refractivity contribution is 0.0664. The van der Waals surface area contributed by atoms with E-state index >= 15 is 0 Å². The number of benzene rings is 1. The number of carbonyl (C=O) groups is 1. The molecule has 0 spiro atoms. The maximum absolute atomic E-state index is 14.6. The molecular formula is C25H24FN5O3S. The van der Waals surface area contributed by atoms with Crippen molar-refractivity contribution in [3.8, 4) is 0 Å². The van der Waals surface area contributed by atoms with Gasteiger partial charge in [0.05, 0.1) is 34.4 Å². The van der Waals surface area contributed by atoms with E-state index in [1.165, 1.54) is 41.6 Å². The van der Waals surface area contributed by atoms with E-state index in [0.717, 1.165) is 17.2 Å². The minimum atomic E-state index is -3.42. The number of pyridine rings is 3. The molecule has 0 aliphatic carbocycles. The van der Waals surface area contributed by atoms with Gasteiger partial charge in [0.2, 0.25) is 0 Å². The summed E-state index contributed by atoms with van der Waals surface area (Å²) >= 11 is 0. The second kappa shape index (κ2) is 9.38. The molecule has 0 aliphatic heterocycles. The summed E-state index contributed by atoms with van der Waals surface area (Å²) in [6.45, 7) is 3.53. The molecule has 1 atom stereocenters. The molecule has 0 saturated heterocycles. The van der Waals surface area contributed by atoms with Gasteiger partial charge in [-0.25, -0.2) is 17.8 Å². The second-order valence-corrected chi connectivity index (χ2v) is 10.4. The number of nitrogens with zero attached hydrogens (tertiary/aromatic N) is 4. The van der Waals surface area contributed by atoms with Crippen LogP contribution in [0.5, 0.6) is 0 Å². The first-order valence-electron chi connectivity index (χ1n) is 10.8. The summed E-state index contributed by atoms with van der Waals surface area (Å²) in [6, 6.07) is 11.9. The van der Waals surface area contributed by atoms with Crippen LogP contribution in [0.2, 0.25) is 0 Å². The molecular weight excluding hydrogens is 469 g/mol. The van der Waals surface area contributed by atoms with E-state index in [4.69, 9.17) is 5.73 Å². The predicted octanol–water partition coefficient (Wildman–Crippen LogP) is 3.86. The van der Waals surface area contributed by atoms with Crippen LogP contribution in [0.25, 0.3) is 10.9 Å². The fraction of sp³-hybridized carbons (Fsp3) is 0.200. The topological polar surface area (TPSA) is 119 Å². The highest BCUT2D eigenvalue weighted by molar-refractivity contribution is 7.90. The molecule has 4 rings (SSSR count). The van der Waals surface area contributed by atoms with E-state index in [9.17, 15) is 17.6 Å². The van der Waals surface area contributed by atoms with Gasteiger partial charge < -0.3 is 10.6 Å². The third-order valence-corrected chi connectivity index (χ3v) is 6.86. The number of halogens is 1. The lowest BCUT2D eigenvalue weighted by Gasteiger charge is -2.29. The van der Waals surface area contributed by atoms with Crippen LogP contribution in [-0.2, 0) is 16.4 Å². The van der Waals surface area contributed by atoms with Crippen LogP contribution in [0.1, 0.15) is 40.3 Å². The van der Waals surface area contributed by atoms with Crippen LogP contribution in [0.4, 0.5) is 10.2 Å². The number of carbonyl (C=O) groups excluding carboxylic acids is 1. The van der Waals surface area contributed by atoms with Gasteiger partial charge in [0.1, 0.15) is 11.6 Å². The average Bonchev–Trinajstić information content (AvgIpc) is 2.82. The maximum atomic E-state index is 14.6. The molecule has 0 aliphatic rings. The maximum Gasteiger partial charge on any atom is 0.254 e. The highest BCUT2D eigenvalue weighted by atomic mass is 32.2. The summed E-state index contributed by atoms with van der Waals surface area (Å²) in [6.07, 6.45) is 3.80. The van der Waals surface area contributed by atoms with E-state index < -0.39 is 21.7 Å². The second-order valence-electron chi connectivity index (χ2n) is 8.33. The Kier molecular flexibility index (Phi) is 6.49. The predicted molar refractivity (Wildman–Crippen MR) is 131 cm³/mol. The fourth-order valence-electron chi connectivity index (χ4n) is 3.73. The standard InChI is InChI=1S/C25H24FN5O3S/c1-15-11-18-12-17(6-9-22(18)30-24(15)27)25(32)31(16(2)23-21(26)5-4-10-28-23)14-19-7-8-20(13-29-19)35(3,33)34/h4-13,16H,14H2,1-3H3,(H2,27,30). The first-order valence-corrected chi connectivity index (χ1v) is 12.7. The van der Waals surface area contributed by atoms with Crippen LogP contribution in [0.3, 0.4) is 0 Å². The average molecular weight is 494 g/mol. The zero-order valence-electron chi connectivity index (χ0n) is 19.4. The number of amides is 1. The number of aromatic nitrogens is 3. The van der Waals surface area contributed by atoms with E-state index in [0.29, 0.717) is 22.6 Å². The lowest BCUT2D eigenvalue weighted by atomic mass is 10.1. The van der Waals surface area contributed by atoms with Gasteiger partial charge in [0.25, 0.3) is 5.91 Å². The zero-order chi connectivity index (χ0) is 25.3. The van der Waals surface area contributed by atoms with Crippen molar-refractivity contribution < 1.29 is 17.6 Å².